The number of hydrogen-bond donors (Lipinski definition) is 1. The molecule has 0 saturated heterocycles. The van der Waals surface area contributed by atoms with Gasteiger partial charge in [0.05, 0.1) is 6.20 Å². The highest BCUT2D eigenvalue weighted by Crippen LogP contribution is 2.29. The van der Waals surface area contributed by atoms with Crippen molar-refractivity contribution in [1.29, 1.82) is 0 Å². The van der Waals surface area contributed by atoms with E-state index in [1.165, 1.54) is 6.42 Å². The average molecular weight is 235 g/mol. The van der Waals surface area contributed by atoms with Crippen molar-refractivity contribution < 1.29 is 4.79 Å². The highest BCUT2D eigenvalue weighted by atomic mass is 16.1. The van der Waals surface area contributed by atoms with Gasteiger partial charge in [-0.05, 0) is 18.4 Å². The Labute approximate surface area is 102 Å². The van der Waals surface area contributed by atoms with Crippen LogP contribution in [0.5, 0.6) is 0 Å². The molecule has 1 fully saturated rings. The summed E-state index contributed by atoms with van der Waals surface area (Å²) in [6.07, 6.45) is 10.2. The number of carbonyl (C=O) groups is 1. The number of nitrogens with zero attached hydrogens (tertiary/aromatic N) is 2. The molecule has 0 spiro atoms. The number of rotatable bonds is 4. The van der Waals surface area contributed by atoms with Gasteiger partial charge in [-0.25, -0.2) is 0 Å². The molecule has 0 aromatic carbocycles. The van der Waals surface area contributed by atoms with E-state index in [0.717, 1.165) is 31.2 Å². The Morgan fingerprint density at radius 2 is 2.18 bits per heavy atom. The van der Waals surface area contributed by atoms with Crippen LogP contribution < -0.4 is 5.73 Å². The van der Waals surface area contributed by atoms with Crippen molar-refractivity contribution in [1.82, 2.24) is 9.78 Å². The third-order valence-corrected chi connectivity index (χ3v) is 3.56. The van der Waals surface area contributed by atoms with Gasteiger partial charge in [0, 0.05) is 31.6 Å². The second-order valence-electron chi connectivity index (χ2n) is 5.34. The summed E-state index contributed by atoms with van der Waals surface area (Å²) in [7, 11) is 1.86. The summed E-state index contributed by atoms with van der Waals surface area (Å²) in [6.45, 7) is 0. The number of Topliss-reactive ketones (excluding diaryl/α,β-unsaturated/α-hetero) is 1. The van der Waals surface area contributed by atoms with Crippen LogP contribution in [-0.2, 0) is 18.3 Å². The topological polar surface area (TPSA) is 60.9 Å². The van der Waals surface area contributed by atoms with E-state index in [1.807, 2.05) is 13.2 Å². The first-order chi connectivity index (χ1) is 8.07. The van der Waals surface area contributed by atoms with Crippen molar-refractivity contribution in [3.63, 3.8) is 0 Å². The number of aromatic nitrogens is 2. The molecule has 4 heteroatoms. The molecule has 0 radical (unpaired) electrons. The smallest absolute Gasteiger partial charge is 0.139 e. The third kappa shape index (κ3) is 3.40. The molecule has 0 atom stereocenters. The normalized spacial score (nSPS) is 19.2. The van der Waals surface area contributed by atoms with Gasteiger partial charge in [-0.3, -0.25) is 9.48 Å². The summed E-state index contributed by atoms with van der Waals surface area (Å²) in [4.78, 5) is 12.0. The van der Waals surface area contributed by atoms with Crippen LogP contribution in [0, 0.1) is 0 Å². The van der Waals surface area contributed by atoms with Crippen LogP contribution in [0.25, 0.3) is 0 Å². The van der Waals surface area contributed by atoms with Gasteiger partial charge in [0.2, 0.25) is 0 Å². The van der Waals surface area contributed by atoms with Crippen molar-refractivity contribution >= 4 is 5.78 Å². The maximum Gasteiger partial charge on any atom is 0.139 e. The molecule has 94 valence electrons. The van der Waals surface area contributed by atoms with Crippen molar-refractivity contribution in [3.05, 3.63) is 18.0 Å². The molecule has 1 saturated carbocycles. The monoisotopic (exact) mass is 235 g/mol. The predicted molar refractivity (Wildman–Crippen MR) is 66.5 cm³/mol. The number of hydrogen-bond acceptors (Lipinski definition) is 3. The molecule has 4 nitrogen and oxygen atoms in total. The fourth-order valence-corrected chi connectivity index (χ4v) is 2.68. The lowest BCUT2D eigenvalue weighted by Gasteiger charge is -2.32. The molecular weight excluding hydrogens is 214 g/mol. The summed E-state index contributed by atoms with van der Waals surface area (Å²) in [5.41, 5.74) is 7.02. The van der Waals surface area contributed by atoms with Gasteiger partial charge in [-0.15, -0.1) is 0 Å². The molecular formula is C13H21N3O. The Bertz CT molecular complexity index is 391. The van der Waals surface area contributed by atoms with Crippen LogP contribution in [0.15, 0.2) is 12.4 Å². The maximum atomic E-state index is 12.0. The quantitative estimate of drug-likeness (QED) is 0.862. The summed E-state index contributed by atoms with van der Waals surface area (Å²) >= 11 is 0. The van der Waals surface area contributed by atoms with Gasteiger partial charge in [0.1, 0.15) is 5.78 Å². The van der Waals surface area contributed by atoms with E-state index in [9.17, 15) is 4.79 Å². The standard InChI is InChI=1S/C13H21N3O/c1-16-10-11(9-15-16)7-12(17)8-13(14)5-3-2-4-6-13/h9-10H,2-8,14H2,1H3. The fourth-order valence-electron chi connectivity index (χ4n) is 2.68. The van der Waals surface area contributed by atoms with Gasteiger partial charge in [-0.2, -0.15) is 5.10 Å². The zero-order chi connectivity index (χ0) is 12.3. The Morgan fingerprint density at radius 3 is 2.76 bits per heavy atom. The molecule has 1 aromatic rings. The SMILES string of the molecule is Cn1cc(CC(=O)CC2(N)CCCCC2)cn1. The van der Waals surface area contributed by atoms with E-state index in [1.54, 1.807) is 10.9 Å². The van der Waals surface area contributed by atoms with Crippen LogP contribution >= 0.6 is 0 Å². The van der Waals surface area contributed by atoms with Gasteiger partial charge in [-0.1, -0.05) is 19.3 Å². The molecule has 1 aromatic heterocycles. The molecule has 0 bridgehead atoms. The number of aryl methyl sites for hydroxylation is 1. The highest BCUT2D eigenvalue weighted by Gasteiger charge is 2.29. The Morgan fingerprint density at radius 1 is 1.47 bits per heavy atom. The fraction of sp³-hybridized carbons (Fsp3) is 0.692. The average Bonchev–Trinajstić information content (AvgIpc) is 2.63. The Balaban J connectivity index is 1.88. The summed E-state index contributed by atoms with van der Waals surface area (Å²) in [5.74, 6) is 0.238. The van der Waals surface area contributed by atoms with Crippen LogP contribution in [-0.4, -0.2) is 21.1 Å². The van der Waals surface area contributed by atoms with E-state index >= 15 is 0 Å². The third-order valence-electron chi connectivity index (χ3n) is 3.56. The van der Waals surface area contributed by atoms with Crippen molar-refractivity contribution in [3.8, 4) is 0 Å². The van der Waals surface area contributed by atoms with E-state index in [2.05, 4.69) is 5.10 Å². The van der Waals surface area contributed by atoms with Crippen LogP contribution in [0.3, 0.4) is 0 Å². The molecule has 2 N–H and O–H groups in total. The van der Waals surface area contributed by atoms with E-state index in [4.69, 9.17) is 5.73 Å². The minimum absolute atomic E-state index is 0.238. The van der Waals surface area contributed by atoms with Crippen molar-refractivity contribution in [2.75, 3.05) is 0 Å². The second-order valence-corrected chi connectivity index (χ2v) is 5.34. The van der Waals surface area contributed by atoms with Crippen LogP contribution in [0.4, 0.5) is 0 Å². The minimum atomic E-state index is -0.239. The largest absolute Gasteiger partial charge is 0.325 e. The first-order valence-electron chi connectivity index (χ1n) is 6.36. The van der Waals surface area contributed by atoms with Crippen molar-refractivity contribution in [2.45, 2.75) is 50.5 Å². The molecule has 1 aliphatic carbocycles. The first-order valence-corrected chi connectivity index (χ1v) is 6.36. The summed E-state index contributed by atoms with van der Waals surface area (Å²) in [6, 6.07) is 0. The van der Waals surface area contributed by atoms with Crippen molar-refractivity contribution in [2.24, 2.45) is 12.8 Å². The molecule has 0 amide bonds. The molecule has 2 rings (SSSR count). The number of nitrogens with two attached hydrogens (primary N) is 1. The van der Waals surface area contributed by atoms with Crippen LogP contribution in [0.1, 0.15) is 44.1 Å². The lowest BCUT2D eigenvalue weighted by molar-refractivity contribution is -0.119. The zero-order valence-electron chi connectivity index (χ0n) is 10.5. The Kier molecular flexibility index (Phi) is 3.62. The van der Waals surface area contributed by atoms with Gasteiger partial charge in [0.25, 0.3) is 0 Å². The van der Waals surface area contributed by atoms with Gasteiger partial charge < -0.3 is 5.73 Å². The Hall–Kier alpha value is -1.16. The summed E-state index contributed by atoms with van der Waals surface area (Å²) in [5, 5.41) is 4.07. The van der Waals surface area contributed by atoms with Gasteiger partial charge in [0.15, 0.2) is 0 Å². The highest BCUT2D eigenvalue weighted by molar-refractivity contribution is 5.81. The predicted octanol–water partition coefficient (Wildman–Crippen LogP) is 1.58. The molecule has 1 heterocycles. The molecule has 0 unspecified atom stereocenters. The van der Waals surface area contributed by atoms with Gasteiger partial charge >= 0.3 is 0 Å². The molecule has 1 aliphatic rings. The zero-order valence-corrected chi connectivity index (χ0v) is 10.5. The molecule has 0 aliphatic heterocycles. The van der Waals surface area contributed by atoms with E-state index in [-0.39, 0.29) is 11.3 Å². The lowest BCUT2D eigenvalue weighted by atomic mass is 9.78. The van der Waals surface area contributed by atoms with E-state index in [0.29, 0.717) is 12.8 Å². The molecule has 17 heavy (non-hydrogen) atoms. The van der Waals surface area contributed by atoms with Crippen LogP contribution in [0.2, 0.25) is 0 Å². The maximum absolute atomic E-state index is 12.0. The number of ketones is 1. The summed E-state index contributed by atoms with van der Waals surface area (Å²) < 4.78 is 1.72. The lowest BCUT2D eigenvalue weighted by Crippen LogP contribution is -2.43. The van der Waals surface area contributed by atoms with E-state index < -0.39 is 0 Å². The first kappa shape index (κ1) is 12.3. The number of carbonyl (C=O) groups excluding carboxylic acids is 1. The minimum Gasteiger partial charge on any atom is -0.325 e. The second kappa shape index (κ2) is 5.00.